The molecular formula is C16H19NO4S2. The lowest BCUT2D eigenvalue weighted by molar-refractivity contribution is -0.133. The largest absolute Gasteiger partial charge is 0.477 e. The van der Waals surface area contributed by atoms with Crippen LogP contribution in [0, 0.1) is 0 Å². The highest BCUT2D eigenvalue weighted by Crippen LogP contribution is 2.36. The van der Waals surface area contributed by atoms with Crippen LogP contribution in [0.15, 0.2) is 40.1 Å². The monoisotopic (exact) mass is 353 g/mol. The van der Waals surface area contributed by atoms with Crippen LogP contribution in [-0.4, -0.2) is 51.6 Å². The topological polar surface area (TPSA) is 77.8 Å². The van der Waals surface area contributed by atoms with Crippen LogP contribution in [0.25, 0.3) is 0 Å². The molecule has 23 heavy (non-hydrogen) atoms. The molecule has 0 aliphatic carbocycles. The third-order valence-electron chi connectivity index (χ3n) is 3.52. The number of hydrogen-bond donors (Lipinski definition) is 2. The molecule has 0 radical (unpaired) electrons. The lowest BCUT2D eigenvalue weighted by atomic mass is 10.1. The van der Waals surface area contributed by atoms with Crippen molar-refractivity contribution in [3.63, 3.8) is 0 Å². The van der Waals surface area contributed by atoms with E-state index in [-0.39, 0.29) is 34.9 Å². The van der Waals surface area contributed by atoms with Gasteiger partial charge in [-0.15, -0.1) is 23.5 Å². The van der Waals surface area contributed by atoms with E-state index in [0.717, 1.165) is 5.56 Å². The minimum Gasteiger partial charge on any atom is -0.477 e. The van der Waals surface area contributed by atoms with Gasteiger partial charge in [-0.1, -0.05) is 30.3 Å². The maximum absolute atomic E-state index is 12.9. The van der Waals surface area contributed by atoms with Crippen molar-refractivity contribution in [3.8, 4) is 0 Å². The molecule has 1 heterocycles. The number of amides is 1. The van der Waals surface area contributed by atoms with E-state index in [1.54, 1.807) is 0 Å². The quantitative estimate of drug-likeness (QED) is 0.817. The van der Waals surface area contributed by atoms with Crippen LogP contribution in [0.3, 0.4) is 0 Å². The molecule has 1 unspecified atom stereocenters. The Morgan fingerprint density at radius 1 is 1.17 bits per heavy atom. The smallest absolute Gasteiger partial charge is 0.343 e. The zero-order chi connectivity index (χ0) is 16.8. The lowest BCUT2D eigenvalue weighted by Gasteiger charge is -2.31. The molecule has 0 fully saturated rings. The van der Waals surface area contributed by atoms with Crippen LogP contribution >= 0.6 is 23.5 Å². The molecule has 2 rings (SSSR count). The summed E-state index contributed by atoms with van der Waals surface area (Å²) in [5.74, 6) is -0.0150. The Bertz CT molecular complexity index is 603. The Labute approximate surface area is 143 Å². The summed E-state index contributed by atoms with van der Waals surface area (Å²) in [6, 6.07) is 9.26. The Morgan fingerprint density at radius 2 is 1.78 bits per heavy atom. The van der Waals surface area contributed by atoms with Crippen molar-refractivity contribution in [1.82, 2.24) is 4.90 Å². The van der Waals surface area contributed by atoms with Crippen LogP contribution in [0.2, 0.25) is 0 Å². The molecule has 124 valence electrons. The Kier molecular flexibility index (Phi) is 6.56. The van der Waals surface area contributed by atoms with Gasteiger partial charge in [0.2, 0.25) is 0 Å². The summed E-state index contributed by atoms with van der Waals surface area (Å²) < 4.78 is 0. The van der Waals surface area contributed by atoms with Crippen LogP contribution in [0.1, 0.15) is 18.5 Å². The third-order valence-corrected chi connectivity index (χ3v) is 6.06. The summed E-state index contributed by atoms with van der Waals surface area (Å²) in [7, 11) is 0. The highest BCUT2D eigenvalue weighted by molar-refractivity contribution is 8.11. The van der Waals surface area contributed by atoms with Crippen molar-refractivity contribution in [2.24, 2.45) is 0 Å². The number of carboxylic acid groups (broad SMARTS) is 1. The second kappa shape index (κ2) is 8.42. The number of benzene rings is 1. The predicted octanol–water partition coefficient (Wildman–Crippen LogP) is 2.34. The molecule has 1 atom stereocenters. The fourth-order valence-electron chi connectivity index (χ4n) is 2.36. The number of thioether (sulfide) groups is 2. The van der Waals surface area contributed by atoms with Gasteiger partial charge in [0, 0.05) is 18.1 Å². The first-order chi connectivity index (χ1) is 11.1. The van der Waals surface area contributed by atoms with E-state index in [1.165, 1.54) is 28.4 Å². The first kappa shape index (κ1) is 17.9. The number of aliphatic hydroxyl groups is 1. The van der Waals surface area contributed by atoms with Gasteiger partial charge >= 0.3 is 5.97 Å². The fraction of sp³-hybridized carbons (Fsp3) is 0.375. The van der Waals surface area contributed by atoms with Gasteiger partial charge < -0.3 is 15.1 Å². The van der Waals surface area contributed by atoms with E-state index in [1.807, 2.05) is 37.3 Å². The molecular weight excluding hydrogens is 334 g/mol. The Morgan fingerprint density at radius 3 is 2.35 bits per heavy atom. The fourth-order valence-corrected chi connectivity index (χ4v) is 4.59. The van der Waals surface area contributed by atoms with Gasteiger partial charge in [0.15, 0.2) is 0 Å². The standard InChI is InChI=1S/C16H19NO4S2/c1-11(12-5-3-2-4-6-12)17(7-8-18)15(19)13-14(16(20)21)23-10-9-22-13/h2-6,11,18H,7-10H2,1H3,(H,20,21). The second-order valence-corrected chi connectivity index (χ2v) is 7.18. The molecule has 0 saturated heterocycles. The average molecular weight is 353 g/mol. The van der Waals surface area contributed by atoms with Crippen molar-refractivity contribution in [2.75, 3.05) is 24.7 Å². The van der Waals surface area contributed by atoms with Gasteiger partial charge in [0.05, 0.1) is 17.6 Å². The molecule has 1 aromatic rings. The van der Waals surface area contributed by atoms with Gasteiger partial charge in [-0.2, -0.15) is 0 Å². The average Bonchev–Trinajstić information content (AvgIpc) is 2.59. The molecule has 1 amide bonds. The molecule has 1 aliphatic heterocycles. The summed E-state index contributed by atoms with van der Waals surface area (Å²) in [4.78, 5) is 26.2. The van der Waals surface area contributed by atoms with Gasteiger partial charge in [-0.05, 0) is 12.5 Å². The summed E-state index contributed by atoms with van der Waals surface area (Å²) >= 11 is 2.48. The maximum atomic E-state index is 12.9. The van der Waals surface area contributed by atoms with Crippen molar-refractivity contribution >= 4 is 35.4 Å². The van der Waals surface area contributed by atoms with Crippen LogP contribution in [-0.2, 0) is 9.59 Å². The Hall–Kier alpha value is -1.44. The minimum atomic E-state index is -1.07. The van der Waals surface area contributed by atoms with E-state index >= 15 is 0 Å². The first-order valence-corrected chi connectivity index (χ1v) is 9.23. The van der Waals surface area contributed by atoms with Crippen molar-refractivity contribution < 1.29 is 19.8 Å². The minimum absolute atomic E-state index is 0.106. The van der Waals surface area contributed by atoms with Crippen molar-refractivity contribution in [1.29, 1.82) is 0 Å². The number of aliphatic carboxylic acids is 1. The molecule has 0 saturated carbocycles. The Balaban J connectivity index is 2.33. The highest BCUT2D eigenvalue weighted by Gasteiger charge is 2.30. The van der Waals surface area contributed by atoms with Crippen LogP contribution in [0.4, 0.5) is 0 Å². The van der Waals surface area contributed by atoms with E-state index in [9.17, 15) is 19.8 Å². The summed E-state index contributed by atoms with van der Waals surface area (Å²) in [5, 5.41) is 18.6. The number of rotatable bonds is 6. The van der Waals surface area contributed by atoms with E-state index in [0.29, 0.717) is 11.5 Å². The zero-order valence-electron chi connectivity index (χ0n) is 12.8. The van der Waals surface area contributed by atoms with Gasteiger partial charge in [-0.25, -0.2) is 4.79 Å². The molecule has 1 aromatic carbocycles. The maximum Gasteiger partial charge on any atom is 0.343 e. The number of nitrogens with zero attached hydrogens (tertiary/aromatic N) is 1. The molecule has 5 nitrogen and oxygen atoms in total. The molecule has 0 bridgehead atoms. The number of aliphatic hydroxyl groups excluding tert-OH is 1. The number of hydrogen-bond acceptors (Lipinski definition) is 5. The van der Waals surface area contributed by atoms with E-state index in [2.05, 4.69) is 0 Å². The van der Waals surface area contributed by atoms with E-state index < -0.39 is 5.97 Å². The summed E-state index contributed by atoms with van der Waals surface area (Å²) in [5.41, 5.74) is 0.945. The summed E-state index contributed by atoms with van der Waals surface area (Å²) in [6.07, 6.45) is 0. The van der Waals surface area contributed by atoms with Crippen molar-refractivity contribution in [2.45, 2.75) is 13.0 Å². The molecule has 7 heteroatoms. The van der Waals surface area contributed by atoms with Crippen LogP contribution in [0.5, 0.6) is 0 Å². The van der Waals surface area contributed by atoms with Crippen molar-refractivity contribution in [3.05, 3.63) is 45.7 Å². The predicted molar refractivity (Wildman–Crippen MR) is 93.2 cm³/mol. The summed E-state index contributed by atoms with van der Waals surface area (Å²) in [6.45, 7) is 1.87. The molecule has 0 aromatic heterocycles. The number of carbonyl (C=O) groups excluding carboxylic acids is 1. The molecule has 0 spiro atoms. The van der Waals surface area contributed by atoms with Gasteiger partial charge in [0.25, 0.3) is 5.91 Å². The number of carboxylic acids is 1. The second-order valence-electron chi connectivity index (χ2n) is 4.97. The third kappa shape index (κ3) is 4.31. The van der Waals surface area contributed by atoms with E-state index in [4.69, 9.17) is 0 Å². The SMILES string of the molecule is CC(c1ccccc1)N(CCO)C(=O)C1=C(C(=O)O)SCCS1. The normalized spacial score (nSPS) is 16.1. The first-order valence-electron chi connectivity index (χ1n) is 7.26. The highest BCUT2D eigenvalue weighted by atomic mass is 32.2. The van der Waals surface area contributed by atoms with Gasteiger partial charge in [0.1, 0.15) is 4.91 Å². The zero-order valence-corrected chi connectivity index (χ0v) is 14.4. The van der Waals surface area contributed by atoms with Gasteiger partial charge in [-0.3, -0.25) is 4.79 Å². The molecule has 2 N–H and O–H groups in total. The number of carbonyl (C=O) groups is 2. The molecule has 1 aliphatic rings. The van der Waals surface area contributed by atoms with Crippen LogP contribution < -0.4 is 0 Å². The lowest BCUT2D eigenvalue weighted by Crippen LogP contribution is -2.37.